The maximum Gasteiger partial charge on any atom is 0.279 e. The molecule has 2 aromatic rings. The first kappa shape index (κ1) is 16.7. The Balaban J connectivity index is 1.82. The van der Waals surface area contributed by atoms with Crippen LogP contribution in [0.3, 0.4) is 0 Å². The summed E-state index contributed by atoms with van der Waals surface area (Å²) in [4.78, 5) is 25.3. The van der Waals surface area contributed by atoms with Gasteiger partial charge in [0, 0.05) is 5.69 Å². The van der Waals surface area contributed by atoms with Crippen molar-refractivity contribution in [3.63, 3.8) is 0 Å². The van der Waals surface area contributed by atoms with Gasteiger partial charge in [-0.2, -0.15) is 0 Å². The van der Waals surface area contributed by atoms with Gasteiger partial charge in [-0.3, -0.25) is 19.8 Å². The van der Waals surface area contributed by atoms with Gasteiger partial charge < -0.3 is 9.47 Å². The summed E-state index contributed by atoms with van der Waals surface area (Å²) < 4.78 is 10.6. The molecule has 7 nitrogen and oxygen atoms in total. The van der Waals surface area contributed by atoms with Crippen LogP contribution in [0.2, 0.25) is 0 Å². The van der Waals surface area contributed by atoms with Crippen LogP contribution in [0.15, 0.2) is 30.3 Å². The van der Waals surface area contributed by atoms with Crippen LogP contribution >= 0.6 is 11.8 Å². The number of thioether (sulfide) groups is 1. The minimum absolute atomic E-state index is 0.0353. The van der Waals surface area contributed by atoms with Crippen molar-refractivity contribution in [1.82, 2.24) is 0 Å². The highest BCUT2D eigenvalue weighted by Gasteiger charge is 2.39. The lowest BCUT2D eigenvalue weighted by molar-refractivity contribution is -0.385. The van der Waals surface area contributed by atoms with Crippen molar-refractivity contribution in [3.8, 4) is 11.5 Å². The molecule has 1 fully saturated rings. The number of rotatable bonds is 3. The van der Waals surface area contributed by atoms with Gasteiger partial charge in [0.05, 0.1) is 22.3 Å². The molecule has 1 atom stereocenters. The van der Waals surface area contributed by atoms with Crippen LogP contribution in [0.5, 0.6) is 11.5 Å². The first-order valence-electron chi connectivity index (χ1n) is 8.04. The van der Waals surface area contributed by atoms with E-state index >= 15 is 0 Å². The number of amides is 1. The van der Waals surface area contributed by atoms with E-state index in [1.54, 1.807) is 11.0 Å². The number of benzene rings is 2. The number of aryl methyl sites for hydroxylation is 2. The van der Waals surface area contributed by atoms with Crippen LogP contribution in [0.25, 0.3) is 0 Å². The van der Waals surface area contributed by atoms with Crippen LogP contribution in [0, 0.1) is 24.0 Å². The lowest BCUT2D eigenvalue weighted by atomic mass is 10.1. The number of nitro benzene ring substituents is 1. The summed E-state index contributed by atoms with van der Waals surface area (Å²) in [5.41, 5.74) is 3.29. The molecule has 2 aliphatic rings. The summed E-state index contributed by atoms with van der Waals surface area (Å²) in [6.45, 7) is 4.01. The van der Waals surface area contributed by atoms with Crippen LogP contribution in [-0.4, -0.2) is 23.4 Å². The SMILES string of the molecule is Cc1ccc(N2C(=O)CS[C@H]2c2cc3c(cc2[N+](=O)[O-])OCO3)cc1C. The number of carbonyl (C=O) groups is 1. The molecule has 0 N–H and O–H groups in total. The molecule has 8 heteroatoms. The molecule has 26 heavy (non-hydrogen) atoms. The number of nitrogens with zero attached hydrogens (tertiary/aromatic N) is 2. The lowest BCUT2D eigenvalue weighted by Crippen LogP contribution is -2.28. The molecule has 0 unspecified atom stereocenters. The van der Waals surface area contributed by atoms with Gasteiger partial charge in [-0.15, -0.1) is 11.8 Å². The number of hydrogen-bond acceptors (Lipinski definition) is 6. The Hall–Kier alpha value is -2.74. The van der Waals surface area contributed by atoms with Gasteiger partial charge in [-0.25, -0.2) is 0 Å². The highest BCUT2D eigenvalue weighted by atomic mass is 32.2. The van der Waals surface area contributed by atoms with Crippen molar-refractivity contribution in [2.75, 3.05) is 17.4 Å². The number of hydrogen-bond donors (Lipinski definition) is 0. The summed E-state index contributed by atoms with van der Waals surface area (Å²) in [5, 5.41) is 11.1. The van der Waals surface area contributed by atoms with Gasteiger partial charge in [-0.05, 0) is 43.2 Å². The van der Waals surface area contributed by atoms with E-state index in [1.807, 2.05) is 32.0 Å². The molecule has 0 radical (unpaired) electrons. The van der Waals surface area contributed by atoms with Gasteiger partial charge in [0.1, 0.15) is 5.37 Å². The quantitative estimate of drug-likeness (QED) is 0.603. The Morgan fingerprint density at radius 3 is 2.58 bits per heavy atom. The largest absolute Gasteiger partial charge is 0.454 e. The normalized spacial score (nSPS) is 18.5. The standard InChI is InChI=1S/C18H16N2O5S/c1-10-3-4-12(5-11(10)2)19-17(21)8-26-18(19)13-6-15-16(25-9-24-15)7-14(13)20(22)23/h3-7,18H,8-9H2,1-2H3/t18-/m0/s1. The third-order valence-electron chi connectivity index (χ3n) is 4.62. The molecule has 0 aromatic heterocycles. The monoisotopic (exact) mass is 372 g/mol. The number of carbonyl (C=O) groups excluding carboxylic acids is 1. The Bertz CT molecular complexity index is 930. The molecular weight excluding hydrogens is 356 g/mol. The molecule has 1 saturated heterocycles. The van der Waals surface area contributed by atoms with Gasteiger partial charge in [0.15, 0.2) is 11.5 Å². The summed E-state index contributed by atoms with van der Waals surface area (Å²) in [5.74, 6) is 1.01. The zero-order valence-corrected chi connectivity index (χ0v) is 15.0. The molecular formula is C18H16N2O5S. The van der Waals surface area contributed by atoms with Crippen LogP contribution in [0.4, 0.5) is 11.4 Å². The minimum atomic E-state index is -0.487. The zero-order chi connectivity index (χ0) is 18.4. The van der Waals surface area contributed by atoms with Crippen LogP contribution in [0.1, 0.15) is 22.1 Å². The third kappa shape index (κ3) is 2.66. The highest BCUT2D eigenvalue weighted by molar-refractivity contribution is 8.00. The Morgan fingerprint density at radius 2 is 1.88 bits per heavy atom. The molecule has 0 saturated carbocycles. The van der Waals surface area contributed by atoms with E-state index in [0.717, 1.165) is 16.8 Å². The molecule has 1 amide bonds. The van der Waals surface area contributed by atoms with Crippen molar-refractivity contribution in [2.45, 2.75) is 19.2 Å². The van der Waals surface area contributed by atoms with Crippen molar-refractivity contribution in [1.29, 1.82) is 0 Å². The highest BCUT2D eigenvalue weighted by Crippen LogP contribution is 2.48. The van der Waals surface area contributed by atoms with E-state index in [0.29, 0.717) is 17.1 Å². The predicted octanol–water partition coefficient (Wildman–Crippen LogP) is 3.72. The number of anilines is 1. The van der Waals surface area contributed by atoms with Crippen LogP contribution < -0.4 is 14.4 Å². The van der Waals surface area contributed by atoms with Gasteiger partial charge in [0.2, 0.25) is 12.7 Å². The maximum absolute atomic E-state index is 12.5. The first-order chi connectivity index (χ1) is 12.5. The molecule has 134 valence electrons. The van der Waals surface area contributed by atoms with E-state index in [-0.39, 0.29) is 24.1 Å². The van der Waals surface area contributed by atoms with E-state index in [2.05, 4.69) is 0 Å². The smallest absolute Gasteiger partial charge is 0.279 e. The summed E-state index contributed by atoms with van der Waals surface area (Å²) in [7, 11) is 0. The van der Waals surface area contributed by atoms with E-state index < -0.39 is 10.3 Å². The second-order valence-electron chi connectivity index (χ2n) is 6.22. The molecule has 2 heterocycles. The zero-order valence-electron chi connectivity index (χ0n) is 14.2. The maximum atomic E-state index is 12.5. The van der Waals surface area contributed by atoms with E-state index in [9.17, 15) is 14.9 Å². The molecule has 0 bridgehead atoms. The second-order valence-corrected chi connectivity index (χ2v) is 7.29. The Kier molecular flexibility index (Phi) is 3.99. The van der Waals surface area contributed by atoms with Crippen molar-refractivity contribution < 1.29 is 19.2 Å². The fourth-order valence-corrected chi connectivity index (χ4v) is 4.31. The lowest BCUT2D eigenvalue weighted by Gasteiger charge is -2.25. The predicted molar refractivity (Wildman–Crippen MR) is 97.8 cm³/mol. The topological polar surface area (TPSA) is 81.9 Å². The molecule has 2 aromatic carbocycles. The Labute approximate surface area is 154 Å². The third-order valence-corrected chi connectivity index (χ3v) is 5.82. The molecule has 0 spiro atoms. The van der Waals surface area contributed by atoms with E-state index in [1.165, 1.54) is 17.8 Å². The number of nitro groups is 1. The fraction of sp³-hybridized carbons (Fsp3) is 0.278. The van der Waals surface area contributed by atoms with Gasteiger partial charge >= 0.3 is 0 Å². The number of fused-ring (bicyclic) bond motifs is 1. The molecule has 4 rings (SSSR count). The average Bonchev–Trinajstić information content (AvgIpc) is 3.22. The summed E-state index contributed by atoms with van der Waals surface area (Å²) in [6.07, 6.45) is 0. The van der Waals surface area contributed by atoms with Crippen LogP contribution in [-0.2, 0) is 4.79 Å². The average molecular weight is 372 g/mol. The van der Waals surface area contributed by atoms with Crippen molar-refractivity contribution >= 4 is 29.0 Å². The van der Waals surface area contributed by atoms with Gasteiger partial charge in [-0.1, -0.05) is 6.07 Å². The molecule has 2 aliphatic heterocycles. The van der Waals surface area contributed by atoms with Crippen molar-refractivity contribution in [3.05, 3.63) is 57.1 Å². The summed E-state index contributed by atoms with van der Waals surface area (Å²) in [6, 6.07) is 8.75. The summed E-state index contributed by atoms with van der Waals surface area (Å²) >= 11 is 1.37. The first-order valence-corrected chi connectivity index (χ1v) is 9.09. The Morgan fingerprint density at radius 1 is 1.15 bits per heavy atom. The molecule has 0 aliphatic carbocycles. The van der Waals surface area contributed by atoms with Crippen molar-refractivity contribution in [2.24, 2.45) is 0 Å². The van der Waals surface area contributed by atoms with E-state index in [4.69, 9.17) is 9.47 Å². The second kappa shape index (κ2) is 6.21. The van der Waals surface area contributed by atoms with Gasteiger partial charge in [0.25, 0.3) is 5.69 Å². The minimum Gasteiger partial charge on any atom is -0.454 e. The fourth-order valence-electron chi connectivity index (χ4n) is 3.11. The number of ether oxygens (including phenoxy) is 2.